The lowest BCUT2D eigenvalue weighted by Crippen LogP contribution is -2.24. The number of halogens is 4. The van der Waals surface area contributed by atoms with E-state index in [2.05, 4.69) is 15.2 Å². The first-order chi connectivity index (χ1) is 18.1. The number of esters is 2. The lowest BCUT2D eigenvalue weighted by Gasteiger charge is -2.07. The van der Waals surface area contributed by atoms with Crippen LogP contribution in [0.4, 0.5) is 5.69 Å². The SMILES string of the molecule is CCOC(=O)C(=O)Nc1ccc2c(c1)c(OC(=O)c1c(Cl)cccc1Cl)nn2C(=O)c1c(Cl)cccc1Cl. The normalized spacial score (nSPS) is 10.8. The van der Waals surface area contributed by atoms with E-state index in [-0.39, 0.29) is 60.3 Å². The molecule has 1 amide bonds. The number of rotatable bonds is 5. The Balaban J connectivity index is 1.82. The van der Waals surface area contributed by atoms with Gasteiger partial charge in [-0.05, 0) is 49.4 Å². The molecular weight excluding hydrogens is 580 g/mol. The van der Waals surface area contributed by atoms with Gasteiger partial charge in [-0.15, -0.1) is 5.10 Å². The fourth-order valence-electron chi connectivity index (χ4n) is 3.42. The Morgan fingerprint density at radius 1 is 0.868 bits per heavy atom. The molecule has 0 aliphatic heterocycles. The average Bonchev–Trinajstić information content (AvgIpc) is 3.21. The molecule has 3 aromatic carbocycles. The van der Waals surface area contributed by atoms with Crippen LogP contribution in [0.3, 0.4) is 0 Å². The Morgan fingerprint density at radius 3 is 2.03 bits per heavy atom. The number of hydrogen-bond acceptors (Lipinski definition) is 7. The number of amides is 1. The highest BCUT2D eigenvalue weighted by molar-refractivity contribution is 6.40. The van der Waals surface area contributed by atoms with Gasteiger partial charge in [0.2, 0.25) is 5.88 Å². The Labute approximate surface area is 235 Å². The fourth-order valence-corrected chi connectivity index (χ4v) is 4.53. The summed E-state index contributed by atoms with van der Waals surface area (Å²) in [5, 5.41) is 6.89. The molecule has 0 bridgehead atoms. The van der Waals surface area contributed by atoms with Crippen LogP contribution in [0.15, 0.2) is 54.6 Å². The zero-order chi connectivity index (χ0) is 27.6. The molecule has 4 rings (SSSR count). The monoisotopic (exact) mass is 593 g/mol. The predicted molar refractivity (Wildman–Crippen MR) is 143 cm³/mol. The van der Waals surface area contributed by atoms with E-state index in [1.54, 1.807) is 19.1 Å². The van der Waals surface area contributed by atoms with Gasteiger partial charge in [-0.25, -0.2) is 9.59 Å². The van der Waals surface area contributed by atoms with Crippen LogP contribution in [0.1, 0.15) is 27.6 Å². The molecule has 9 nitrogen and oxygen atoms in total. The van der Waals surface area contributed by atoms with Crippen molar-refractivity contribution in [3.63, 3.8) is 0 Å². The average molecular weight is 595 g/mol. The van der Waals surface area contributed by atoms with E-state index in [1.807, 2.05) is 0 Å². The van der Waals surface area contributed by atoms with E-state index in [9.17, 15) is 19.2 Å². The number of benzene rings is 3. The summed E-state index contributed by atoms with van der Waals surface area (Å²) in [6.45, 7) is 1.56. The largest absolute Gasteiger partial charge is 0.459 e. The molecule has 0 unspecified atom stereocenters. The van der Waals surface area contributed by atoms with Crippen molar-refractivity contribution >= 4 is 86.7 Å². The highest BCUT2D eigenvalue weighted by atomic mass is 35.5. The molecule has 4 aromatic rings. The predicted octanol–water partition coefficient (Wildman–Crippen LogP) is 6.06. The molecule has 0 saturated carbocycles. The summed E-state index contributed by atoms with van der Waals surface area (Å²) in [4.78, 5) is 50.3. The topological polar surface area (TPSA) is 117 Å². The zero-order valence-corrected chi connectivity index (χ0v) is 22.3. The molecule has 0 radical (unpaired) electrons. The number of carbonyl (C=O) groups excluding carboxylic acids is 4. The van der Waals surface area contributed by atoms with E-state index in [1.165, 1.54) is 42.5 Å². The molecule has 13 heteroatoms. The van der Waals surface area contributed by atoms with Crippen molar-refractivity contribution in [1.82, 2.24) is 9.78 Å². The molecule has 0 fully saturated rings. The number of ether oxygens (including phenoxy) is 2. The van der Waals surface area contributed by atoms with Gasteiger partial charge >= 0.3 is 17.8 Å². The summed E-state index contributed by atoms with van der Waals surface area (Å²) in [5.74, 6) is -4.10. The molecule has 1 heterocycles. The highest BCUT2D eigenvalue weighted by Crippen LogP contribution is 2.33. The number of anilines is 1. The first-order valence-electron chi connectivity index (χ1n) is 10.8. The fraction of sp³-hybridized carbons (Fsp3) is 0.0800. The standard InChI is InChI=1S/C25H15Cl4N3O6/c1-2-37-25(36)21(33)30-12-9-10-18-13(11-12)22(38-24(35)20-16(28)7-4-8-17(20)29)31-32(18)23(34)19-14(26)5-3-6-15(19)27/h3-11H,2H2,1H3,(H,30,33). The van der Waals surface area contributed by atoms with Crippen LogP contribution in [0.2, 0.25) is 20.1 Å². The maximum atomic E-state index is 13.4. The first kappa shape index (κ1) is 27.4. The summed E-state index contributed by atoms with van der Waals surface area (Å²) in [7, 11) is 0. The zero-order valence-electron chi connectivity index (χ0n) is 19.3. The van der Waals surface area contributed by atoms with Crippen molar-refractivity contribution in [3.8, 4) is 5.88 Å². The van der Waals surface area contributed by atoms with Gasteiger partial charge in [-0.1, -0.05) is 58.5 Å². The minimum Gasteiger partial charge on any atom is -0.459 e. The molecule has 0 aliphatic carbocycles. The number of carbonyl (C=O) groups is 4. The lowest BCUT2D eigenvalue weighted by molar-refractivity contribution is -0.152. The van der Waals surface area contributed by atoms with Crippen LogP contribution in [0, 0.1) is 0 Å². The van der Waals surface area contributed by atoms with Crippen molar-refractivity contribution in [2.24, 2.45) is 0 Å². The van der Waals surface area contributed by atoms with Gasteiger partial charge in [0.05, 0.1) is 48.7 Å². The van der Waals surface area contributed by atoms with Gasteiger partial charge in [0.15, 0.2) is 0 Å². The summed E-state index contributed by atoms with van der Waals surface area (Å²) >= 11 is 24.7. The van der Waals surface area contributed by atoms with Crippen LogP contribution in [-0.4, -0.2) is 40.1 Å². The molecule has 194 valence electrons. The van der Waals surface area contributed by atoms with Crippen molar-refractivity contribution < 1.29 is 28.7 Å². The quantitative estimate of drug-likeness (QED) is 0.220. The van der Waals surface area contributed by atoms with Crippen LogP contribution >= 0.6 is 46.4 Å². The van der Waals surface area contributed by atoms with Crippen LogP contribution in [0.25, 0.3) is 10.9 Å². The Bertz CT molecular complexity index is 1580. The summed E-state index contributed by atoms with van der Waals surface area (Å²) < 4.78 is 11.1. The van der Waals surface area contributed by atoms with Crippen molar-refractivity contribution in [3.05, 3.63) is 85.8 Å². The molecule has 1 aromatic heterocycles. The summed E-state index contributed by atoms with van der Waals surface area (Å²) in [6, 6.07) is 13.2. The van der Waals surface area contributed by atoms with E-state index in [4.69, 9.17) is 51.1 Å². The molecule has 1 N–H and O–H groups in total. The van der Waals surface area contributed by atoms with E-state index in [0.717, 1.165) is 4.68 Å². The molecule has 0 aliphatic rings. The van der Waals surface area contributed by atoms with Gasteiger partial charge in [-0.3, -0.25) is 9.59 Å². The molecule has 0 atom stereocenters. The third kappa shape index (κ3) is 5.46. The first-order valence-corrected chi connectivity index (χ1v) is 12.3. The summed E-state index contributed by atoms with van der Waals surface area (Å²) in [6.07, 6.45) is 0. The Morgan fingerprint density at radius 2 is 1.45 bits per heavy atom. The van der Waals surface area contributed by atoms with Gasteiger partial charge in [-0.2, -0.15) is 4.68 Å². The highest BCUT2D eigenvalue weighted by Gasteiger charge is 2.26. The second-order valence-corrected chi connectivity index (χ2v) is 9.14. The second kappa shape index (κ2) is 11.4. The van der Waals surface area contributed by atoms with E-state index < -0.39 is 23.8 Å². The van der Waals surface area contributed by atoms with Crippen LogP contribution in [-0.2, 0) is 14.3 Å². The van der Waals surface area contributed by atoms with Crippen LogP contribution in [0.5, 0.6) is 5.88 Å². The smallest absolute Gasteiger partial charge is 0.397 e. The minimum atomic E-state index is -1.09. The maximum absolute atomic E-state index is 13.4. The van der Waals surface area contributed by atoms with Crippen molar-refractivity contribution in [2.75, 3.05) is 11.9 Å². The summed E-state index contributed by atoms with van der Waals surface area (Å²) in [5.41, 5.74) is 0.150. The van der Waals surface area contributed by atoms with Gasteiger partial charge in [0.25, 0.3) is 5.91 Å². The molecular formula is C25H15Cl4N3O6. The second-order valence-electron chi connectivity index (χ2n) is 7.51. The molecule has 0 saturated heterocycles. The Hall–Kier alpha value is -3.63. The van der Waals surface area contributed by atoms with E-state index in [0.29, 0.717) is 0 Å². The Kier molecular flexibility index (Phi) is 8.23. The number of nitrogens with one attached hydrogen (secondary N) is 1. The number of nitrogens with zero attached hydrogens (tertiary/aromatic N) is 2. The lowest BCUT2D eigenvalue weighted by atomic mass is 10.2. The van der Waals surface area contributed by atoms with Gasteiger partial charge < -0.3 is 14.8 Å². The maximum Gasteiger partial charge on any atom is 0.397 e. The van der Waals surface area contributed by atoms with Gasteiger partial charge in [0, 0.05) is 5.69 Å². The number of hydrogen-bond donors (Lipinski definition) is 1. The number of aromatic nitrogens is 2. The van der Waals surface area contributed by atoms with Crippen LogP contribution < -0.4 is 10.1 Å². The van der Waals surface area contributed by atoms with Crippen molar-refractivity contribution in [2.45, 2.75) is 6.92 Å². The number of fused-ring (bicyclic) bond motifs is 1. The van der Waals surface area contributed by atoms with E-state index >= 15 is 0 Å². The van der Waals surface area contributed by atoms with Gasteiger partial charge in [0.1, 0.15) is 0 Å². The third-order valence-electron chi connectivity index (χ3n) is 5.09. The minimum absolute atomic E-state index is 0.00941. The molecule has 38 heavy (non-hydrogen) atoms. The third-order valence-corrected chi connectivity index (χ3v) is 6.35. The molecule has 0 spiro atoms. The van der Waals surface area contributed by atoms with Crippen molar-refractivity contribution in [1.29, 1.82) is 0 Å².